The van der Waals surface area contributed by atoms with Crippen LogP contribution in [-0.2, 0) is 10.0 Å². The standard InChI is InChI=1S/C19H16ClN3O4S/c1-13(18-10-5-11-27-18)21-22-19(24)14-6-4-7-15(12-14)28(25,26)23-17-9-3-2-8-16(17)20/h2-12,23H,1H3,(H,22,24)/b21-13-. The van der Waals surface area contributed by atoms with E-state index in [1.54, 1.807) is 43.3 Å². The van der Waals surface area contributed by atoms with E-state index >= 15 is 0 Å². The topological polar surface area (TPSA) is 101 Å². The highest BCUT2D eigenvalue weighted by molar-refractivity contribution is 7.92. The largest absolute Gasteiger partial charge is 0.463 e. The second-order valence-corrected chi connectivity index (χ2v) is 7.82. The average molecular weight is 418 g/mol. The van der Waals surface area contributed by atoms with Gasteiger partial charge in [0, 0.05) is 5.56 Å². The number of furan rings is 1. The zero-order valence-corrected chi connectivity index (χ0v) is 16.3. The molecule has 0 aliphatic heterocycles. The third-order valence-corrected chi connectivity index (χ3v) is 5.42. The molecule has 2 N–H and O–H groups in total. The number of sulfonamides is 1. The molecule has 28 heavy (non-hydrogen) atoms. The van der Waals surface area contributed by atoms with Crippen molar-refractivity contribution in [3.05, 3.63) is 83.3 Å². The summed E-state index contributed by atoms with van der Waals surface area (Å²) in [5.74, 6) is -0.0405. The lowest BCUT2D eigenvalue weighted by molar-refractivity contribution is 0.0954. The summed E-state index contributed by atoms with van der Waals surface area (Å²) in [4.78, 5) is 12.2. The Hall–Kier alpha value is -3.10. The van der Waals surface area contributed by atoms with Crippen LogP contribution in [0.4, 0.5) is 5.69 Å². The fourth-order valence-electron chi connectivity index (χ4n) is 2.29. The van der Waals surface area contributed by atoms with E-state index < -0.39 is 15.9 Å². The number of amides is 1. The van der Waals surface area contributed by atoms with Gasteiger partial charge < -0.3 is 4.42 Å². The van der Waals surface area contributed by atoms with Gasteiger partial charge in [-0.05, 0) is 49.4 Å². The van der Waals surface area contributed by atoms with E-state index in [0.717, 1.165) is 0 Å². The van der Waals surface area contributed by atoms with Crippen molar-refractivity contribution in [1.82, 2.24) is 5.43 Å². The first kappa shape index (κ1) is 19.7. The zero-order chi connectivity index (χ0) is 20.1. The molecule has 1 amide bonds. The van der Waals surface area contributed by atoms with Crippen molar-refractivity contribution < 1.29 is 17.6 Å². The second kappa shape index (κ2) is 8.28. The number of hydrogen-bond donors (Lipinski definition) is 2. The Kier molecular flexibility index (Phi) is 5.81. The maximum atomic E-state index is 12.6. The lowest BCUT2D eigenvalue weighted by atomic mass is 10.2. The summed E-state index contributed by atoms with van der Waals surface area (Å²) in [5.41, 5.74) is 3.24. The zero-order valence-electron chi connectivity index (χ0n) is 14.7. The smallest absolute Gasteiger partial charge is 0.271 e. The molecule has 144 valence electrons. The van der Waals surface area contributed by atoms with E-state index in [-0.39, 0.29) is 21.2 Å². The van der Waals surface area contributed by atoms with E-state index in [1.807, 2.05) is 0 Å². The summed E-state index contributed by atoms with van der Waals surface area (Å²) in [6, 6.07) is 15.5. The molecule has 0 spiro atoms. The van der Waals surface area contributed by atoms with Gasteiger partial charge in [0.1, 0.15) is 11.5 Å². The highest BCUT2D eigenvalue weighted by Crippen LogP contribution is 2.24. The van der Waals surface area contributed by atoms with Crippen molar-refractivity contribution >= 4 is 38.9 Å². The number of rotatable bonds is 6. The molecule has 2 aromatic carbocycles. The number of halogens is 1. The number of carbonyl (C=O) groups excluding carboxylic acids is 1. The predicted molar refractivity (Wildman–Crippen MR) is 107 cm³/mol. The van der Waals surface area contributed by atoms with E-state index in [4.69, 9.17) is 16.0 Å². The van der Waals surface area contributed by atoms with Gasteiger partial charge in [-0.15, -0.1) is 0 Å². The minimum atomic E-state index is -3.92. The fraction of sp³-hybridized carbons (Fsp3) is 0.0526. The molecule has 0 aliphatic carbocycles. The summed E-state index contributed by atoms with van der Waals surface area (Å²) < 4.78 is 32.8. The number of carbonyl (C=O) groups is 1. The van der Waals surface area contributed by atoms with E-state index in [1.165, 1.54) is 30.5 Å². The molecule has 3 aromatic rings. The van der Waals surface area contributed by atoms with Gasteiger partial charge in [-0.25, -0.2) is 13.8 Å². The molecule has 1 heterocycles. The second-order valence-electron chi connectivity index (χ2n) is 5.73. The molecule has 1 aromatic heterocycles. The quantitative estimate of drug-likeness (QED) is 0.469. The normalized spacial score (nSPS) is 11.9. The van der Waals surface area contributed by atoms with Crippen LogP contribution < -0.4 is 10.1 Å². The number of benzene rings is 2. The number of nitrogens with one attached hydrogen (secondary N) is 2. The van der Waals surface area contributed by atoms with Gasteiger partial charge in [-0.2, -0.15) is 5.10 Å². The average Bonchev–Trinajstić information content (AvgIpc) is 3.22. The maximum Gasteiger partial charge on any atom is 0.271 e. The van der Waals surface area contributed by atoms with Crippen LogP contribution in [0.1, 0.15) is 23.0 Å². The van der Waals surface area contributed by atoms with Crippen LogP contribution in [-0.4, -0.2) is 20.0 Å². The molecule has 3 rings (SSSR count). The van der Waals surface area contributed by atoms with Gasteiger partial charge in [0.2, 0.25) is 0 Å². The Balaban J connectivity index is 1.78. The third kappa shape index (κ3) is 4.59. The van der Waals surface area contributed by atoms with Crippen molar-refractivity contribution in [2.24, 2.45) is 5.10 Å². The number of para-hydroxylation sites is 1. The summed E-state index contributed by atoms with van der Waals surface area (Å²) in [7, 11) is -3.92. The number of anilines is 1. The van der Waals surface area contributed by atoms with Crippen LogP contribution in [0, 0.1) is 0 Å². The molecule has 0 unspecified atom stereocenters. The highest BCUT2D eigenvalue weighted by Gasteiger charge is 2.17. The first-order valence-corrected chi connectivity index (χ1v) is 9.99. The van der Waals surface area contributed by atoms with Crippen molar-refractivity contribution in [2.75, 3.05) is 4.72 Å². The lowest BCUT2D eigenvalue weighted by Gasteiger charge is -2.10. The van der Waals surface area contributed by atoms with Crippen LogP contribution >= 0.6 is 11.6 Å². The summed E-state index contributed by atoms with van der Waals surface area (Å²) >= 11 is 6.00. The highest BCUT2D eigenvalue weighted by atomic mass is 35.5. The van der Waals surface area contributed by atoms with Gasteiger partial charge in [-0.3, -0.25) is 9.52 Å². The van der Waals surface area contributed by atoms with Crippen molar-refractivity contribution in [3.63, 3.8) is 0 Å². The first-order chi connectivity index (χ1) is 13.4. The fourth-order valence-corrected chi connectivity index (χ4v) is 3.66. The van der Waals surface area contributed by atoms with E-state index in [0.29, 0.717) is 11.5 Å². The molecule has 0 bridgehead atoms. The third-order valence-electron chi connectivity index (χ3n) is 3.73. The van der Waals surface area contributed by atoms with E-state index in [9.17, 15) is 13.2 Å². The van der Waals surface area contributed by atoms with Gasteiger partial charge >= 0.3 is 0 Å². The van der Waals surface area contributed by atoms with Crippen LogP contribution in [0.5, 0.6) is 0 Å². The van der Waals surface area contributed by atoms with Crippen LogP contribution in [0.15, 0.2) is 81.3 Å². The van der Waals surface area contributed by atoms with Crippen molar-refractivity contribution in [1.29, 1.82) is 0 Å². The Morgan fingerprint density at radius 2 is 1.86 bits per heavy atom. The summed E-state index contributed by atoms with van der Waals surface area (Å²) in [5, 5.41) is 4.22. The summed E-state index contributed by atoms with van der Waals surface area (Å²) in [6.07, 6.45) is 1.50. The van der Waals surface area contributed by atoms with Gasteiger partial charge in [0.05, 0.1) is 21.9 Å². The number of hydrogen-bond acceptors (Lipinski definition) is 5. The Bertz CT molecular complexity index is 1130. The summed E-state index contributed by atoms with van der Waals surface area (Å²) in [6.45, 7) is 1.67. The molecule has 0 atom stereocenters. The molecule has 0 fully saturated rings. The number of hydrazone groups is 1. The van der Waals surface area contributed by atoms with Crippen molar-refractivity contribution in [2.45, 2.75) is 11.8 Å². The number of nitrogens with zero attached hydrogens (tertiary/aromatic N) is 1. The molecule has 0 saturated heterocycles. The molecular formula is C19H16ClN3O4S. The first-order valence-electron chi connectivity index (χ1n) is 8.13. The van der Waals surface area contributed by atoms with Gasteiger partial charge in [0.25, 0.3) is 15.9 Å². The van der Waals surface area contributed by atoms with Crippen LogP contribution in [0.2, 0.25) is 5.02 Å². The molecule has 7 nitrogen and oxygen atoms in total. The lowest BCUT2D eigenvalue weighted by Crippen LogP contribution is -2.20. The monoisotopic (exact) mass is 417 g/mol. The SMILES string of the molecule is C/C(=N/NC(=O)c1cccc(S(=O)(=O)Nc2ccccc2Cl)c1)c1ccco1. The van der Waals surface area contributed by atoms with Gasteiger partial charge in [-0.1, -0.05) is 29.8 Å². The van der Waals surface area contributed by atoms with E-state index in [2.05, 4.69) is 15.2 Å². The molecule has 0 radical (unpaired) electrons. The minimum Gasteiger partial charge on any atom is -0.463 e. The molecular weight excluding hydrogens is 402 g/mol. The van der Waals surface area contributed by atoms with Crippen molar-refractivity contribution in [3.8, 4) is 0 Å². The van der Waals surface area contributed by atoms with Crippen LogP contribution in [0.25, 0.3) is 0 Å². The Labute approximate surface area is 167 Å². The maximum absolute atomic E-state index is 12.6. The Morgan fingerprint density at radius 1 is 1.07 bits per heavy atom. The Morgan fingerprint density at radius 3 is 2.57 bits per heavy atom. The minimum absolute atomic E-state index is 0.0770. The predicted octanol–water partition coefficient (Wildman–Crippen LogP) is 3.89. The van der Waals surface area contributed by atoms with Crippen LogP contribution in [0.3, 0.4) is 0 Å². The molecule has 0 aliphatic rings. The molecule has 0 saturated carbocycles. The van der Waals surface area contributed by atoms with Gasteiger partial charge in [0.15, 0.2) is 0 Å². The molecule has 9 heteroatoms.